The first-order chi connectivity index (χ1) is 10.6. The minimum atomic E-state index is -0.287. The first kappa shape index (κ1) is 16.8. The second-order valence-corrected chi connectivity index (χ2v) is 4.94. The molecule has 120 valence electrons. The maximum Gasteiger partial charge on any atom is 0.231 e. The molecule has 0 atom stereocenters. The summed E-state index contributed by atoms with van der Waals surface area (Å²) in [6, 6.07) is 13.1. The van der Waals surface area contributed by atoms with E-state index in [-0.39, 0.29) is 24.0 Å². The smallest absolute Gasteiger partial charge is 0.231 e. The lowest BCUT2D eigenvalue weighted by Gasteiger charge is -2.18. The topological polar surface area (TPSA) is 54.2 Å². The van der Waals surface area contributed by atoms with Gasteiger partial charge in [-0.2, -0.15) is 0 Å². The van der Waals surface area contributed by atoms with Gasteiger partial charge in [0.2, 0.25) is 5.95 Å². The predicted molar refractivity (Wildman–Crippen MR) is 89.8 cm³/mol. The SMILES string of the molecule is CN(c1ccc(F)cc1)c1nnc(-c2ccccc2O)n1C.Cl. The van der Waals surface area contributed by atoms with Crippen LogP contribution >= 0.6 is 12.4 Å². The van der Waals surface area contributed by atoms with E-state index < -0.39 is 0 Å². The summed E-state index contributed by atoms with van der Waals surface area (Å²) in [6.07, 6.45) is 0. The number of halogens is 2. The van der Waals surface area contributed by atoms with Gasteiger partial charge in [0.1, 0.15) is 11.6 Å². The van der Waals surface area contributed by atoms with Gasteiger partial charge in [-0.05, 0) is 36.4 Å². The van der Waals surface area contributed by atoms with Crippen LogP contribution in [0.3, 0.4) is 0 Å². The highest BCUT2D eigenvalue weighted by Gasteiger charge is 2.17. The van der Waals surface area contributed by atoms with Gasteiger partial charge in [0.15, 0.2) is 5.82 Å². The molecular formula is C16H16ClFN4O. The first-order valence-electron chi connectivity index (χ1n) is 6.75. The van der Waals surface area contributed by atoms with E-state index in [1.807, 2.05) is 20.2 Å². The Morgan fingerprint density at radius 1 is 1.04 bits per heavy atom. The Morgan fingerprint density at radius 2 is 1.70 bits per heavy atom. The molecule has 1 heterocycles. The zero-order chi connectivity index (χ0) is 15.7. The van der Waals surface area contributed by atoms with Crippen molar-refractivity contribution in [2.45, 2.75) is 0 Å². The minimum absolute atomic E-state index is 0. The molecule has 0 saturated heterocycles. The molecule has 2 aromatic carbocycles. The van der Waals surface area contributed by atoms with Crippen LogP contribution in [0.5, 0.6) is 5.75 Å². The average Bonchev–Trinajstić information content (AvgIpc) is 2.89. The van der Waals surface area contributed by atoms with Gasteiger partial charge in [0.25, 0.3) is 0 Å². The summed E-state index contributed by atoms with van der Waals surface area (Å²) in [5, 5.41) is 18.3. The van der Waals surface area contributed by atoms with Crippen LogP contribution in [0.4, 0.5) is 16.0 Å². The second-order valence-electron chi connectivity index (χ2n) is 4.94. The third-order valence-corrected chi connectivity index (χ3v) is 3.51. The predicted octanol–water partition coefficient (Wildman–Crippen LogP) is 3.52. The molecule has 0 spiro atoms. The summed E-state index contributed by atoms with van der Waals surface area (Å²) in [5.74, 6) is 1.01. The number of hydrogen-bond donors (Lipinski definition) is 1. The van der Waals surface area contributed by atoms with Crippen LogP contribution in [0.25, 0.3) is 11.4 Å². The van der Waals surface area contributed by atoms with E-state index in [4.69, 9.17) is 0 Å². The molecule has 0 fully saturated rings. The van der Waals surface area contributed by atoms with Crippen molar-refractivity contribution in [3.05, 3.63) is 54.3 Å². The van der Waals surface area contributed by atoms with Gasteiger partial charge in [-0.15, -0.1) is 22.6 Å². The maximum absolute atomic E-state index is 13.0. The Bertz CT molecular complexity index is 804. The maximum atomic E-state index is 13.0. The molecule has 0 aliphatic heterocycles. The van der Waals surface area contributed by atoms with Crippen molar-refractivity contribution in [3.63, 3.8) is 0 Å². The molecule has 0 saturated carbocycles. The molecule has 5 nitrogen and oxygen atoms in total. The number of anilines is 2. The van der Waals surface area contributed by atoms with Gasteiger partial charge in [0.05, 0.1) is 5.56 Å². The number of hydrogen-bond acceptors (Lipinski definition) is 4. The molecule has 1 N–H and O–H groups in total. The van der Waals surface area contributed by atoms with Crippen molar-refractivity contribution in [2.75, 3.05) is 11.9 Å². The largest absolute Gasteiger partial charge is 0.507 e. The lowest BCUT2D eigenvalue weighted by molar-refractivity contribution is 0.476. The molecule has 0 unspecified atom stereocenters. The Morgan fingerprint density at radius 3 is 2.35 bits per heavy atom. The van der Waals surface area contributed by atoms with E-state index in [0.717, 1.165) is 5.69 Å². The highest BCUT2D eigenvalue weighted by Crippen LogP contribution is 2.30. The summed E-state index contributed by atoms with van der Waals surface area (Å²) >= 11 is 0. The van der Waals surface area contributed by atoms with Crippen LogP contribution in [-0.2, 0) is 7.05 Å². The number of aromatic nitrogens is 3. The van der Waals surface area contributed by atoms with Crippen molar-refractivity contribution in [1.29, 1.82) is 0 Å². The van der Waals surface area contributed by atoms with Gasteiger partial charge in [-0.1, -0.05) is 12.1 Å². The number of benzene rings is 2. The Balaban J connectivity index is 0.00000192. The molecule has 7 heteroatoms. The highest BCUT2D eigenvalue weighted by atomic mass is 35.5. The molecule has 0 aliphatic carbocycles. The van der Waals surface area contributed by atoms with Gasteiger partial charge in [-0.25, -0.2) is 4.39 Å². The third kappa shape index (κ3) is 3.12. The highest BCUT2D eigenvalue weighted by molar-refractivity contribution is 5.85. The number of para-hydroxylation sites is 1. The summed E-state index contributed by atoms with van der Waals surface area (Å²) in [6.45, 7) is 0. The standard InChI is InChI=1S/C16H15FN4O.ClH/c1-20(12-9-7-11(17)8-10-12)16-19-18-15(21(16)2)13-5-3-4-6-14(13)22;/h3-10,22H,1-2H3;1H. The Kier molecular flexibility index (Phi) is 4.86. The molecule has 23 heavy (non-hydrogen) atoms. The zero-order valence-corrected chi connectivity index (χ0v) is 13.5. The molecule has 0 aliphatic rings. The fraction of sp³-hybridized carbons (Fsp3) is 0.125. The van der Waals surface area contributed by atoms with Gasteiger partial charge in [0, 0.05) is 19.8 Å². The van der Waals surface area contributed by atoms with E-state index in [1.165, 1.54) is 12.1 Å². The van der Waals surface area contributed by atoms with Crippen molar-refractivity contribution in [3.8, 4) is 17.1 Å². The zero-order valence-electron chi connectivity index (χ0n) is 12.6. The Hall–Kier alpha value is -2.60. The summed E-state index contributed by atoms with van der Waals surface area (Å²) in [4.78, 5) is 1.80. The normalized spacial score (nSPS) is 10.2. The lowest BCUT2D eigenvalue weighted by atomic mass is 10.2. The van der Waals surface area contributed by atoms with E-state index >= 15 is 0 Å². The van der Waals surface area contributed by atoms with Crippen molar-refractivity contribution in [2.24, 2.45) is 7.05 Å². The van der Waals surface area contributed by atoms with Crippen LogP contribution < -0.4 is 4.90 Å². The number of phenolic OH excluding ortho intramolecular Hbond substituents is 1. The van der Waals surface area contributed by atoms with Gasteiger partial charge < -0.3 is 10.0 Å². The molecule has 0 radical (unpaired) electrons. The molecule has 3 aromatic rings. The average molecular weight is 335 g/mol. The van der Waals surface area contributed by atoms with Crippen LogP contribution in [0.1, 0.15) is 0 Å². The molecule has 0 bridgehead atoms. The minimum Gasteiger partial charge on any atom is -0.507 e. The monoisotopic (exact) mass is 334 g/mol. The number of aromatic hydroxyl groups is 1. The van der Waals surface area contributed by atoms with E-state index in [2.05, 4.69) is 10.2 Å². The fourth-order valence-electron chi connectivity index (χ4n) is 2.29. The number of nitrogens with zero attached hydrogens (tertiary/aromatic N) is 4. The van der Waals surface area contributed by atoms with Crippen LogP contribution in [0.15, 0.2) is 48.5 Å². The molecule has 0 amide bonds. The Labute approximate surface area is 139 Å². The van der Waals surface area contributed by atoms with E-state index in [1.54, 1.807) is 39.8 Å². The first-order valence-corrected chi connectivity index (χ1v) is 6.75. The number of phenols is 1. The van der Waals surface area contributed by atoms with Crippen molar-refractivity contribution < 1.29 is 9.50 Å². The van der Waals surface area contributed by atoms with Crippen LogP contribution in [0, 0.1) is 5.82 Å². The van der Waals surface area contributed by atoms with Gasteiger partial charge in [-0.3, -0.25) is 4.57 Å². The van der Waals surface area contributed by atoms with Crippen molar-refractivity contribution >= 4 is 24.0 Å². The quantitative estimate of drug-likeness (QED) is 0.796. The lowest BCUT2D eigenvalue weighted by Crippen LogP contribution is -2.14. The number of rotatable bonds is 3. The summed E-state index contributed by atoms with van der Waals surface area (Å²) in [7, 11) is 3.64. The van der Waals surface area contributed by atoms with Gasteiger partial charge >= 0.3 is 0 Å². The fourth-order valence-corrected chi connectivity index (χ4v) is 2.29. The molecule has 3 rings (SSSR count). The van der Waals surface area contributed by atoms with Crippen LogP contribution in [0.2, 0.25) is 0 Å². The van der Waals surface area contributed by atoms with E-state index in [0.29, 0.717) is 17.3 Å². The van der Waals surface area contributed by atoms with Crippen molar-refractivity contribution in [1.82, 2.24) is 14.8 Å². The summed E-state index contributed by atoms with van der Waals surface area (Å²) in [5.41, 5.74) is 1.40. The third-order valence-electron chi connectivity index (χ3n) is 3.51. The van der Waals surface area contributed by atoms with E-state index in [9.17, 15) is 9.50 Å². The molecule has 1 aromatic heterocycles. The summed E-state index contributed by atoms with van der Waals surface area (Å²) < 4.78 is 14.8. The molecular weight excluding hydrogens is 319 g/mol. The second kappa shape index (κ2) is 6.66. The van der Waals surface area contributed by atoms with Crippen LogP contribution in [-0.4, -0.2) is 26.9 Å².